The number of nitrogens with zero attached hydrogens (tertiary/aromatic N) is 1. The van der Waals surface area contributed by atoms with Gasteiger partial charge < -0.3 is 16.0 Å². The Balaban J connectivity index is 0.00000121. The molecule has 26 heavy (non-hydrogen) atoms. The lowest BCUT2D eigenvalue weighted by molar-refractivity contribution is -0.119. The van der Waals surface area contributed by atoms with Crippen molar-refractivity contribution in [1.29, 1.82) is 0 Å². The first-order chi connectivity index (χ1) is 11.7. The predicted octanol–water partition coefficient (Wildman–Crippen LogP) is 4.14. The number of aromatic nitrogens is 2. The molecule has 1 aliphatic rings. The van der Waals surface area contributed by atoms with E-state index in [0.717, 1.165) is 47.4 Å². The van der Waals surface area contributed by atoms with Crippen LogP contribution in [0.4, 0.5) is 5.69 Å². The van der Waals surface area contributed by atoms with Crippen molar-refractivity contribution in [2.24, 2.45) is 11.7 Å². The third-order valence-corrected chi connectivity index (χ3v) is 4.64. The van der Waals surface area contributed by atoms with E-state index in [1.807, 2.05) is 48.5 Å². The second kappa shape index (κ2) is 8.54. The summed E-state index contributed by atoms with van der Waals surface area (Å²) < 4.78 is 0. The Labute approximate surface area is 164 Å². The predicted molar refractivity (Wildman–Crippen MR) is 110 cm³/mol. The molecule has 2 atom stereocenters. The van der Waals surface area contributed by atoms with Gasteiger partial charge >= 0.3 is 0 Å². The lowest BCUT2D eigenvalue weighted by Gasteiger charge is -2.11. The van der Waals surface area contributed by atoms with Gasteiger partial charge in [-0.05, 0) is 43.5 Å². The molecule has 3 aromatic rings. The van der Waals surface area contributed by atoms with Crippen molar-refractivity contribution in [2.45, 2.75) is 25.3 Å². The molecule has 1 aromatic heterocycles. The molecule has 0 radical (unpaired) electrons. The molecule has 4 rings (SSSR count). The van der Waals surface area contributed by atoms with Crippen molar-refractivity contribution in [3.63, 3.8) is 0 Å². The highest BCUT2D eigenvalue weighted by Crippen LogP contribution is 2.27. The molecule has 138 valence electrons. The number of rotatable bonds is 3. The van der Waals surface area contributed by atoms with E-state index < -0.39 is 0 Å². The number of anilines is 1. The molecule has 1 heterocycles. The molecule has 5 nitrogen and oxygen atoms in total. The van der Waals surface area contributed by atoms with Crippen molar-refractivity contribution in [1.82, 2.24) is 9.97 Å². The Hall–Kier alpha value is -2.08. The van der Waals surface area contributed by atoms with Crippen molar-refractivity contribution < 1.29 is 4.79 Å². The first kappa shape index (κ1) is 20.2. The van der Waals surface area contributed by atoms with Gasteiger partial charge in [0, 0.05) is 23.2 Å². The summed E-state index contributed by atoms with van der Waals surface area (Å²) in [6.07, 6.45) is 2.57. The number of imidazole rings is 1. The second-order valence-electron chi connectivity index (χ2n) is 6.44. The molecule has 4 N–H and O–H groups in total. The molecule has 0 saturated heterocycles. The summed E-state index contributed by atoms with van der Waals surface area (Å²) in [5.74, 6) is 0.884. The van der Waals surface area contributed by atoms with Gasteiger partial charge in [0.05, 0.1) is 11.0 Å². The van der Waals surface area contributed by atoms with Gasteiger partial charge in [0.1, 0.15) is 5.82 Å². The fourth-order valence-electron chi connectivity index (χ4n) is 3.33. The van der Waals surface area contributed by atoms with Crippen LogP contribution in [0.2, 0.25) is 0 Å². The van der Waals surface area contributed by atoms with E-state index in [1.165, 1.54) is 0 Å². The summed E-state index contributed by atoms with van der Waals surface area (Å²) >= 11 is 0. The number of halogens is 2. The third-order valence-electron chi connectivity index (χ3n) is 4.64. The largest absolute Gasteiger partial charge is 0.338 e. The van der Waals surface area contributed by atoms with Crippen LogP contribution in [0.15, 0.2) is 48.5 Å². The number of nitrogens with one attached hydrogen (secondary N) is 2. The Morgan fingerprint density at radius 3 is 2.65 bits per heavy atom. The van der Waals surface area contributed by atoms with E-state index in [4.69, 9.17) is 5.73 Å². The standard InChI is InChI=1S/C19H20N4O.2ClH/c20-14-9-8-13(10-14)19(24)21-15-5-3-4-12(11-15)18-22-16-6-1-2-7-17(16)23-18;;/h1-7,11,13-14H,8-10,20H2,(H,21,24)(H,22,23);2*1H. The number of fused-ring (bicyclic) bond motifs is 1. The normalized spacial score (nSPS) is 18.8. The number of carbonyl (C=O) groups excluding carboxylic acids is 1. The zero-order valence-electron chi connectivity index (χ0n) is 14.1. The summed E-state index contributed by atoms with van der Waals surface area (Å²) in [4.78, 5) is 20.3. The van der Waals surface area contributed by atoms with Crippen LogP contribution in [0.1, 0.15) is 19.3 Å². The Bertz CT molecular complexity index is 863. The van der Waals surface area contributed by atoms with Crippen LogP contribution in [0, 0.1) is 5.92 Å². The second-order valence-corrected chi connectivity index (χ2v) is 6.44. The highest BCUT2D eigenvalue weighted by atomic mass is 35.5. The molecule has 1 fully saturated rings. The van der Waals surface area contributed by atoms with Crippen LogP contribution in [-0.4, -0.2) is 21.9 Å². The Morgan fingerprint density at radius 1 is 1.12 bits per heavy atom. The quantitative estimate of drug-likeness (QED) is 0.625. The van der Waals surface area contributed by atoms with Crippen molar-refractivity contribution in [2.75, 3.05) is 5.32 Å². The minimum atomic E-state index is 0. The number of benzene rings is 2. The topological polar surface area (TPSA) is 83.8 Å². The molecular weight excluding hydrogens is 371 g/mol. The molecule has 0 aliphatic heterocycles. The average molecular weight is 393 g/mol. The van der Waals surface area contributed by atoms with Gasteiger partial charge in [-0.2, -0.15) is 0 Å². The lowest BCUT2D eigenvalue weighted by atomic mass is 10.1. The minimum Gasteiger partial charge on any atom is -0.338 e. The highest BCUT2D eigenvalue weighted by Gasteiger charge is 2.27. The van der Waals surface area contributed by atoms with E-state index in [9.17, 15) is 4.79 Å². The van der Waals surface area contributed by atoms with Gasteiger partial charge in [-0.15, -0.1) is 24.8 Å². The molecule has 2 unspecified atom stereocenters. The number of H-pyrrole nitrogens is 1. The first-order valence-corrected chi connectivity index (χ1v) is 8.31. The van der Waals surface area contributed by atoms with Crippen LogP contribution in [0.3, 0.4) is 0 Å². The molecule has 7 heteroatoms. The maximum absolute atomic E-state index is 12.4. The molecule has 1 saturated carbocycles. The summed E-state index contributed by atoms with van der Waals surface area (Å²) in [5.41, 5.74) is 9.58. The van der Waals surface area contributed by atoms with Gasteiger partial charge in [-0.1, -0.05) is 24.3 Å². The summed E-state index contributed by atoms with van der Waals surface area (Å²) in [6.45, 7) is 0. The number of carbonyl (C=O) groups is 1. The molecule has 2 aromatic carbocycles. The van der Waals surface area contributed by atoms with Gasteiger partial charge in [0.25, 0.3) is 0 Å². The molecular formula is C19H22Cl2N4O. The average Bonchev–Trinajstić information content (AvgIpc) is 3.21. The molecule has 0 bridgehead atoms. The van der Waals surface area contributed by atoms with E-state index in [1.54, 1.807) is 0 Å². The van der Waals surface area contributed by atoms with Crippen molar-refractivity contribution in [3.05, 3.63) is 48.5 Å². The van der Waals surface area contributed by atoms with Gasteiger partial charge in [0.15, 0.2) is 0 Å². The maximum Gasteiger partial charge on any atom is 0.227 e. The highest BCUT2D eigenvalue weighted by molar-refractivity contribution is 5.93. The number of hydrogen-bond acceptors (Lipinski definition) is 3. The Kier molecular flexibility index (Phi) is 6.64. The maximum atomic E-state index is 12.4. The summed E-state index contributed by atoms with van der Waals surface area (Å²) in [6, 6.07) is 15.8. The van der Waals surface area contributed by atoms with Crippen molar-refractivity contribution >= 4 is 47.4 Å². The molecule has 1 amide bonds. The van der Waals surface area contributed by atoms with Gasteiger partial charge in [0.2, 0.25) is 5.91 Å². The zero-order valence-corrected chi connectivity index (χ0v) is 15.8. The van der Waals surface area contributed by atoms with E-state index in [2.05, 4.69) is 15.3 Å². The van der Waals surface area contributed by atoms with Crippen molar-refractivity contribution in [3.8, 4) is 11.4 Å². The molecule has 0 spiro atoms. The van der Waals surface area contributed by atoms with Crippen LogP contribution >= 0.6 is 24.8 Å². The number of amides is 1. The van der Waals surface area contributed by atoms with Gasteiger partial charge in [-0.25, -0.2) is 4.98 Å². The van der Waals surface area contributed by atoms with E-state index in [-0.39, 0.29) is 42.7 Å². The Morgan fingerprint density at radius 2 is 1.92 bits per heavy atom. The number of aromatic amines is 1. The smallest absolute Gasteiger partial charge is 0.227 e. The lowest BCUT2D eigenvalue weighted by Crippen LogP contribution is -2.23. The fraction of sp³-hybridized carbons (Fsp3) is 0.263. The minimum absolute atomic E-state index is 0. The van der Waals surface area contributed by atoms with Crippen LogP contribution < -0.4 is 11.1 Å². The summed E-state index contributed by atoms with van der Waals surface area (Å²) in [5, 5.41) is 3.01. The third kappa shape index (κ3) is 4.18. The number of nitrogens with two attached hydrogens (primary N) is 1. The first-order valence-electron chi connectivity index (χ1n) is 8.31. The van der Waals surface area contributed by atoms with Crippen LogP contribution in [-0.2, 0) is 4.79 Å². The van der Waals surface area contributed by atoms with Crippen LogP contribution in [0.5, 0.6) is 0 Å². The van der Waals surface area contributed by atoms with E-state index in [0.29, 0.717) is 0 Å². The number of hydrogen-bond donors (Lipinski definition) is 3. The van der Waals surface area contributed by atoms with E-state index >= 15 is 0 Å². The molecule has 1 aliphatic carbocycles. The monoisotopic (exact) mass is 392 g/mol. The fourth-order valence-corrected chi connectivity index (χ4v) is 3.33. The zero-order chi connectivity index (χ0) is 16.5. The number of para-hydroxylation sites is 2. The summed E-state index contributed by atoms with van der Waals surface area (Å²) in [7, 11) is 0. The SMILES string of the molecule is Cl.Cl.NC1CCC(C(=O)Nc2cccc(-c3nc4ccccc4[nH]3)c2)C1. The van der Waals surface area contributed by atoms with Crippen LogP contribution in [0.25, 0.3) is 22.4 Å². The van der Waals surface area contributed by atoms with Gasteiger partial charge in [-0.3, -0.25) is 4.79 Å².